The summed E-state index contributed by atoms with van der Waals surface area (Å²) in [7, 11) is -3.56. The summed E-state index contributed by atoms with van der Waals surface area (Å²) in [6, 6.07) is 5.13. The molecule has 2 heterocycles. The van der Waals surface area contributed by atoms with Crippen LogP contribution in [0, 0.1) is 19.8 Å². The van der Waals surface area contributed by atoms with Gasteiger partial charge in [-0.05, 0) is 49.9 Å². The van der Waals surface area contributed by atoms with Crippen molar-refractivity contribution in [1.82, 2.24) is 13.9 Å². The van der Waals surface area contributed by atoms with Crippen molar-refractivity contribution in [2.75, 3.05) is 13.1 Å². The molecule has 27 heavy (non-hydrogen) atoms. The highest BCUT2D eigenvalue weighted by Crippen LogP contribution is 2.26. The second kappa shape index (κ2) is 8.22. The maximum Gasteiger partial charge on any atom is 0.309 e. The van der Waals surface area contributed by atoms with Crippen LogP contribution in [0.25, 0.3) is 0 Å². The average Bonchev–Trinajstić information content (AvgIpc) is 3.07. The molecule has 0 unspecified atom stereocenters. The number of aryl methyl sites for hydroxylation is 2. The van der Waals surface area contributed by atoms with Crippen molar-refractivity contribution in [3.05, 3.63) is 39.4 Å². The first-order valence-electron chi connectivity index (χ1n) is 8.50. The molecule has 1 aliphatic heterocycles. The Hall–Kier alpha value is -1.55. The quantitative estimate of drug-likeness (QED) is 0.679. The van der Waals surface area contributed by atoms with Gasteiger partial charge in [0.1, 0.15) is 16.6 Å². The van der Waals surface area contributed by atoms with Gasteiger partial charge in [-0.15, -0.1) is 5.10 Å². The van der Waals surface area contributed by atoms with Crippen LogP contribution in [0.2, 0.25) is 4.34 Å². The fourth-order valence-electron chi connectivity index (χ4n) is 2.90. The summed E-state index contributed by atoms with van der Waals surface area (Å²) in [6.07, 6.45) is 0.845. The second-order valence-electron chi connectivity index (χ2n) is 6.53. The van der Waals surface area contributed by atoms with E-state index in [9.17, 15) is 13.2 Å². The predicted molar refractivity (Wildman–Crippen MR) is 102 cm³/mol. The van der Waals surface area contributed by atoms with E-state index in [1.165, 1.54) is 4.31 Å². The van der Waals surface area contributed by atoms with Gasteiger partial charge >= 0.3 is 5.97 Å². The number of esters is 1. The first kappa shape index (κ1) is 20.2. The normalized spacial score (nSPS) is 16.4. The lowest BCUT2D eigenvalue weighted by molar-refractivity contribution is -0.151. The molecular weight excluding hydrogens is 410 g/mol. The van der Waals surface area contributed by atoms with Crippen molar-refractivity contribution in [3.63, 3.8) is 0 Å². The summed E-state index contributed by atoms with van der Waals surface area (Å²) in [5.41, 5.74) is 2.42. The molecule has 1 aromatic carbocycles. The highest BCUT2D eigenvalue weighted by Gasteiger charge is 2.33. The number of rotatable bonds is 5. The van der Waals surface area contributed by atoms with E-state index < -0.39 is 10.0 Å². The van der Waals surface area contributed by atoms with Crippen LogP contribution in [0.3, 0.4) is 0 Å². The van der Waals surface area contributed by atoms with E-state index in [0.29, 0.717) is 22.9 Å². The van der Waals surface area contributed by atoms with Gasteiger partial charge in [-0.2, -0.15) is 4.31 Å². The maximum atomic E-state index is 12.8. The van der Waals surface area contributed by atoms with Gasteiger partial charge in [0.2, 0.25) is 10.0 Å². The van der Waals surface area contributed by atoms with Crippen molar-refractivity contribution >= 4 is 39.1 Å². The Bertz CT molecular complexity index is 937. The molecule has 0 N–H and O–H groups in total. The van der Waals surface area contributed by atoms with Crippen molar-refractivity contribution < 1.29 is 17.9 Å². The molecule has 1 fully saturated rings. The number of benzene rings is 1. The van der Waals surface area contributed by atoms with Crippen LogP contribution in [0.1, 0.15) is 29.7 Å². The van der Waals surface area contributed by atoms with Crippen LogP contribution in [-0.2, 0) is 26.2 Å². The highest BCUT2D eigenvalue weighted by molar-refractivity contribution is 7.89. The number of carbonyl (C=O) groups is 1. The van der Waals surface area contributed by atoms with Crippen molar-refractivity contribution in [1.29, 1.82) is 0 Å². The Labute approximate surface area is 167 Å². The average molecular weight is 430 g/mol. The van der Waals surface area contributed by atoms with E-state index in [2.05, 4.69) is 9.59 Å². The van der Waals surface area contributed by atoms with Gasteiger partial charge in [-0.1, -0.05) is 22.2 Å². The zero-order chi connectivity index (χ0) is 19.6. The third-order valence-electron chi connectivity index (χ3n) is 4.76. The SMILES string of the molecule is Cc1ccc(S(=O)(=O)N2CCC(C(=O)OCc3nnsc3Cl)CC2)cc1C. The van der Waals surface area contributed by atoms with Crippen LogP contribution >= 0.6 is 23.1 Å². The lowest BCUT2D eigenvalue weighted by Gasteiger charge is -2.30. The molecule has 0 atom stereocenters. The molecule has 0 radical (unpaired) electrons. The minimum atomic E-state index is -3.56. The Kier molecular flexibility index (Phi) is 6.15. The molecule has 2 aromatic rings. The monoisotopic (exact) mass is 429 g/mol. The lowest BCUT2D eigenvalue weighted by atomic mass is 9.98. The third kappa shape index (κ3) is 4.48. The van der Waals surface area contributed by atoms with Gasteiger partial charge in [-0.25, -0.2) is 8.42 Å². The number of halogens is 1. The maximum absolute atomic E-state index is 12.8. The van der Waals surface area contributed by atoms with E-state index in [4.69, 9.17) is 16.3 Å². The van der Waals surface area contributed by atoms with E-state index in [1.807, 2.05) is 19.9 Å². The number of hydrogen-bond acceptors (Lipinski definition) is 7. The molecule has 146 valence electrons. The molecule has 0 amide bonds. The molecule has 1 aromatic heterocycles. The number of piperidine rings is 1. The van der Waals surface area contributed by atoms with Gasteiger partial charge in [-0.3, -0.25) is 4.79 Å². The number of carbonyl (C=O) groups excluding carboxylic acids is 1. The summed E-state index contributed by atoms with van der Waals surface area (Å²) >= 11 is 6.92. The molecule has 0 spiro atoms. The largest absolute Gasteiger partial charge is 0.459 e. The molecule has 1 aliphatic rings. The number of hydrogen-bond donors (Lipinski definition) is 0. The molecule has 3 rings (SSSR count). The van der Waals surface area contributed by atoms with Crippen LogP contribution in [0.4, 0.5) is 0 Å². The Morgan fingerprint density at radius 1 is 1.30 bits per heavy atom. The predicted octanol–water partition coefficient (Wildman–Crippen LogP) is 2.95. The van der Waals surface area contributed by atoms with Gasteiger partial charge in [0.15, 0.2) is 0 Å². The fraction of sp³-hybridized carbons (Fsp3) is 0.471. The summed E-state index contributed by atoms with van der Waals surface area (Å²) < 4.78 is 36.4. The van der Waals surface area contributed by atoms with Gasteiger partial charge in [0.05, 0.1) is 10.8 Å². The zero-order valence-electron chi connectivity index (χ0n) is 15.0. The zero-order valence-corrected chi connectivity index (χ0v) is 17.4. The summed E-state index contributed by atoms with van der Waals surface area (Å²) in [4.78, 5) is 12.5. The van der Waals surface area contributed by atoms with Crippen molar-refractivity contribution in [2.24, 2.45) is 5.92 Å². The number of aromatic nitrogens is 2. The van der Waals surface area contributed by atoms with E-state index in [1.54, 1.807) is 12.1 Å². The fourth-order valence-corrected chi connectivity index (χ4v) is 5.05. The molecule has 0 bridgehead atoms. The number of sulfonamides is 1. The minimum Gasteiger partial charge on any atom is -0.459 e. The smallest absolute Gasteiger partial charge is 0.309 e. The Morgan fingerprint density at radius 2 is 2.00 bits per heavy atom. The summed E-state index contributed by atoms with van der Waals surface area (Å²) in [5, 5.41) is 3.80. The van der Waals surface area contributed by atoms with Crippen molar-refractivity contribution in [3.8, 4) is 0 Å². The summed E-state index contributed by atoms with van der Waals surface area (Å²) in [5.74, 6) is -0.691. The standard InChI is InChI=1S/C17H20ClN3O4S2/c1-11-3-4-14(9-12(11)2)27(23,24)21-7-5-13(6-8-21)17(22)25-10-15-16(18)26-20-19-15/h3-4,9,13H,5-8,10H2,1-2H3. The molecule has 0 aliphatic carbocycles. The van der Waals surface area contributed by atoms with Crippen molar-refractivity contribution in [2.45, 2.75) is 38.2 Å². The number of ether oxygens (including phenoxy) is 1. The second-order valence-corrected chi connectivity index (χ2v) is 9.82. The highest BCUT2D eigenvalue weighted by atomic mass is 35.5. The molecule has 7 nitrogen and oxygen atoms in total. The van der Waals surface area contributed by atoms with Crippen LogP contribution in [-0.4, -0.2) is 41.4 Å². The third-order valence-corrected chi connectivity index (χ3v) is 7.64. The first-order chi connectivity index (χ1) is 12.8. The van der Waals surface area contributed by atoms with Gasteiger partial charge in [0, 0.05) is 24.6 Å². The summed E-state index contributed by atoms with van der Waals surface area (Å²) in [6.45, 7) is 4.38. The van der Waals surface area contributed by atoms with Crippen LogP contribution < -0.4 is 0 Å². The molecular formula is C17H20ClN3O4S2. The molecule has 10 heteroatoms. The van der Waals surface area contributed by atoms with Crippen LogP contribution in [0.15, 0.2) is 23.1 Å². The number of nitrogens with zero attached hydrogens (tertiary/aromatic N) is 3. The van der Waals surface area contributed by atoms with Gasteiger partial charge < -0.3 is 4.74 Å². The van der Waals surface area contributed by atoms with E-state index in [-0.39, 0.29) is 36.5 Å². The Morgan fingerprint density at radius 3 is 2.59 bits per heavy atom. The van der Waals surface area contributed by atoms with E-state index >= 15 is 0 Å². The lowest BCUT2D eigenvalue weighted by Crippen LogP contribution is -2.40. The topological polar surface area (TPSA) is 89.5 Å². The van der Waals surface area contributed by atoms with Gasteiger partial charge in [0.25, 0.3) is 0 Å². The molecule has 0 saturated carbocycles. The molecule has 1 saturated heterocycles. The minimum absolute atomic E-state index is 0.0185. The van der Waals surface area contributed by atoms with E-state index in [0.717, 1.165) is 22.7 Å². The van der Waals surface area contributed by atoms with Crippen LogP contribution in [0.5, 0.6) is 0 Å². The Balaban J connectivity index is 1.58. The first-order valence-corrected chi connectivity index (χ1v) is 11.1.